The second kappa shape index (κ2) is 8.15. The number of hydrogen-bond acceptors (Lipinski definition) is 4. The highest BCUT2D eigenvalue weighted by Gasteiger charge is 2.29. The van der Waals surface area contributed by atoms with Crippen LogP contribution in [0.3, 0.4) is 0 Å². The van der Waals surface area contributed by atoms with Crippen LogP contribution >= 0.6 is 23.2 Å². The summed E-state index contributed by atoms with van der Waals surface area (Å²) in [7, 11) is 0. The summed E-state index contributed by atoms with van der Waals surface area (Å²) in [6.07, 6.45) is -0.275. The first-order valence-corrected chi connectivity index (χ1v) is 8.74. The van der Waals surface area contributed by atoms with Gasteiger partial charge in [-0.15, -0.1) is 0 Å². The molecule has 6 nitrogen and oxygen atoms in total. The van der Waals surface area contributed by atoms with Crippen LogP contribution in [0.1, 0.15) is 32.8 Å². The molecule has 25 heavy (non-hydrogen) atoms. The Hall–Kier alpha value is -1.66. The highest BCUT2D eigenvalue weighted by Crippen LogP contribution is 2.20. The van der Waals surface area contributed by atoms with Crippen molar-refractivity contribution in [3.05, 3.63) is 33.8 Å². The molecular weight excluding hydrogens is 367 g/mol. The molecule has 0 bridgehead atoms. The summed E-state index contributed by atoms with van der Waals surface area (Å²) in [4.78, 5) is 25.5. The predicted molar refractivity (Wildman–Crippen MR) is 96.0 cm³/mol. The molecule has 138 valence electrons. The lowest BCUT2D eigenvalue weighted by Crippen LogP contribution is -2.41. The molecule has 1 atom stereocenters. The number of nitrogens with zero attached hydrogens (tertiary/aromatic N) is 1. The van der Waals surface area contributed by atoms with Gasteiger partial charge in [0.2, 0.25) is 0 Å². The largest absolute Gasteiger partial charge is 0.445 e. The maximum absolute atomic E-state index is 12.1. The SMILES string of the molecule is CC(C)(C)OC(=O)N[C@H]1CCN(C(=O)OCc2cc(Cl)cc(Cl)c2)C1. The van der Waals surface area contributed by atoms with E-state index in [4.69, 9.17) is 32.7 Å². The van der Waals surface area contributed by atoms with Crippen molar-refractivity contribution in [3.8, 4) is 0 Å². The van der Waals surface area contributed by atoms with Gasteiger partial charge in [-0.2, -0.15) is 0 Å². The maximum atomic E-state index is 12.1. The Kier molecular flexibility index (Phi) is 6.41. The van der Waals surface area contributed by atoms with E-state index in [-0.39, 0.29) is 12.6 Å². The quantitative estimate of drug-likeness (QED) is 0.840. The van der Waals surface area contributed by atoms with Gasteiger partial charge in [-0.25, -0.2) is 9.59 Å². The molecule has 2 amide bonds. The second-order valence-electron chi connectivity index (χ2n) is 6.91. The zero-order chi connectivity index (χ0) is 18.6. The number of nitrogens with one attached hydrogen (secondary N) is 1. The van der Waals surface area contributed by atoms with Crippen molar-refractivity contribution in [1.29, 1.82) is 0 Å². The van der Waals surface area contributed by atoms with E-state index in [1.54, 1.807) is 43.9 Å². The lowest BCUT2D eigenvalue weighted by atomic mass is 10.2. The van der Waals surface area contributed by atoms with Crippen LogP contribution in [0.2, 0.25) is 10.0 Å². The van der Waals surface area contributed by atoms with E-state index < -0.39 is 17.8 Å². The highest BCUT2D eigenvalue weighted by molar-refractivity contribution is 6.34. The van der Waals surface area contributed by atoms with Crippen LogP contribution in [0, 0.1) is 0 Å². The molecule has 0 unspecified atom stereocenters. The lowest BCUT2D eigenvalue weighted by Gasteiger charge is -2.22. The first-order valence-electron chi connectivity index (χ1n) is 7.98. The molecule has 1 fully saturated rings. The monoisotopic (exact) mass is 388 g/mol. The van der Waals surface area contributed by atoms with Crippen molar-refractivity contribution in [2.24, 2.45) is 0 Å². The Morgan fingerprint density at radius 1 is 1.24 bits per heavy atom. The summed E-state index contributed by atoms with van der Waals surface area (Å²) >= 11 is 11.8. The number of ether oxygens (including phenoxy) is 2. The number of hydrogen-bond donors (Lipinski definition) is 1. The zero-order valence-corrected chi connectivity index (χ0v) is 16.0. The van der Waals surface area contributed by atoms with Gasteiger partial charge in [-0.1, -0.05) is 23.2 Å². The van der Waals surface area contributed by atoms with E-state index in [1.165, 1.54) is 0 Å². The molecule has 1 N–H and O–H groups in total. The Morgan fingerprint density at radius 3 is 2.48 bits per heavy atom. The van der Waals surface area contributed by atoms with Crippen LogP contribution in [-0.4, -0.2) is 41.8 Å². The fourth-order valence-electron chi connectivity index (χ4n) is 2.45. The number of rotatable bonds is 3. The van der Waals surface area contributed by atoms with Crippen molar-refractivity contribution >= 4 is 35.4 Å². The van der Waals surface area contributed by atoms with Crippen LogP contribution in [-0.2, 0) is 16.1 Å². The normalized spacial score (nSPS) is 17.3. The summed E-state index contributed by atoms with van der Waals surface area (Å²) in [5.41, 5.74) is 0.160. The molecule has 0 saturated carbocycles. The predicted octanol–water partition coefficient (Wildman–Crippen LogP) is 4.23. The van der Waals surface area contributed by atoms with Crippen LogP contribution in [0.4, 0.5) is 9.59 Å². The smallest absolute Gasteiger partial charge is 0.410 e. The van der Waals surface area contributed by atoms with E-state index in [0.717, 1.165) is 0 Å². The summed E-state index contributed by atoms with van der Waals surface area (Å²) in [6.45, 7) is 6.37. The molecule has 0 spiro atoms. The third-order valence-corrected chi connectivity index (χ3v) is 3.89. The van der Waals surface area contributed by atoms with Crippen molar-refractivity contribution in [1.82, 2.24) is 10.2 Å². The molecule has 1 aromatic carbocycles. The van der Waals surface area contributed by atoms with Gasteiger partial charge >= 0.3 is 12.2 Å². The van der Waals surface area contributed by atoms with E-state index in [1.807, 2.05) is 0 Å². The first-order chi connectivity index (χ1) is 11.6. The molecule has 1 saturated heterocycles. The summed E-state index contributed by atoms with van der Waals surface area (Å²) in [6, 6.07) is 4.85. The molecule has 8 heteroatoms. The Balaban J connectivity index is 1.79. The molecule has 1 aliphatic rings. The van der Waals surface area contributed by atoms with Gasteiger partial charge in [0.1, 0.15) is 12.2 Å². The fourth-order valence-corrected chi connectivity index (χ4v) is 3.02. The van der Waals surface area contributed by atoms with Crippen molar-refractivity contribution < 1.29 is 19.1 Å². The number of amides is 2. The summed E-state index contributed by atoms with van der Waals surface area (Å²) in [5, 5.41) is 3.74. The molecule has 1 aliphatic heterocycles. The number of benzene rings is 1. The molecular formula is C17H22Cl2N2O4. The van der Waals surface area contributed by atoms with Crippen molar-refractivity contribution in [3.63, 3.8) is 0 Å². The summed E-state index contributed by atoms with van der Waals surface area (Å²) < 4.78 is 10.5. The van der Waals surface area contributed by atoms with Gasteiger partial charge in [0, 0.05) is 23.1 Å². The van der Waals surface area contributed by atoms with Gasteiger partial charge in [0.05, 0.1) is 6.04 Å². The van der Waals surface area contributed by atoms with E-state index in [0.29, 0.717) is 35.1 Å². The van der Waals surface area contributed by atoms with Crippen LogP contribution < -0.4 is 5.32 Å². The molecule has 0 radical (unpaired) electrons. The van der Waals surface area contributed by atoms with Crippen LogP contribution in [0.15, 0.2) is 18.2 Å². The van der Waals surface area contributed by atoms with Crippen LogP contribution in [0.25, 0.3) is 0 Å². The van der Waals surface area contributed by atoms with Gasteiger partial charge in [-0.3, -0.25) is 0 Å². The van der Waals surface area contributed by atoms with Gasteiger partial charge in [-0.05, 0) is 51.0 Å². The van der Waals surface area contributed by atoms with E-state index >= 15 is 0 Å². The number of likely N-dealkylation sites (tertiary alicyclic amines) is 1. The zero-order valence-electron chi connectivity index (χ0n) is 14.5. The standard InChI is InChI=1S/C17H22Cl2N2O4/c1-17(2,3)25-15(22)20-14-4-5-21(9-14)16(23)24-10-11-6-12(18)8-13(19)7-11/h6-8,14H,4-5,9-10H2,1-3H3,(H,20,22)/t14-/m0/s1. The Labute approximate surface area is 157 Å². The average molecular weight is 389 g/mol. The minimum absolute atomic E-state index is 0.0831. The van der Waals surface area contributed by atoms with Gasteiger partial charge < -0.3 is 19.7 Å². The van der Waals surface area contributed by atoms with Gasteiger partial charge in [0.25, 0.3) is 0 Å². The Bertz CT molecular complexity index is 626. The fraction of sp³-hybridized carbons (Fsp3) is 0.529. The first kappa shape index (κ1) is 19.7. The maximum Gasteiger partial charge on any atom is 0.410 e. The molecule has 1 aromatic rings. The minimum atomic E-state index is -0.556. The average Bonchev–Trinajstić information content (AvgIpc) is 2.90. The third kappa shape index (κ3) is 6.63. The van der Waals surface area contributed by atoms with E-state index in [2.05, 4.69) is 5.32 Å². The number of alkyl carbamates (subject to hydrolysis) is 1. The molecule has 0 aromatic heterocycles. The second-order valence-corrected chi connectivity index (χ2v) is 7.78. The number of halogens is 2. The van der Waals surface area contributed by atoms with Crippen molar-refractivity contribution in [2.75, 3.05) is 13.1 Å². The minimum Gasteiger partial charge on any atom is -0.445 e. The molecule has 0 aliphatic carbocycles. The van der Waals surface area contributed by atoms with Crippen molar-refractivity contribution in [2.45, 2.75) is 45.4 Å². The molecule has 2 rings (SSSR count). The summed E-state index contributed by atoms with van der Waals surface area (Å²) in [5.74, 6) is 0. The van der Waals surface area contributed by atoms with Gasteiger partial charge in [0.15, 0.2) is 0 Å². The number of carbonyl (C=O) groups excluding carboxylic acids is 2. The van der Waals surface area contributed by atoms with Crippen LogP contribution in [0.5, 0.6) is 0 Å². The lowest BCUT2D eigenvalue weighted by molar-refractivity contribution is 0.0503. The topological polar surface area (TPSA) is 67.9 Å². The van der Waals surface area contributed by atoms with E-state index in [9.17, 15) is 9.59 Å². The number of carbonyl (C=O) groups is 2. The molecule has 1 heterocycles. The highest BCUT2D eigenvalue weighted by atomic mass is 35.5. The third-order valence-electron chi connectivity index (χ3n) is 3.45. The Morgan fingerprint density at radius 2 is 1.88 bits per heavy atom.